The Kier molecular flexibility index (Phi) is 38.8. The number of ether oxygens (including phenoxy) is 2. The molecule has 0 aromatic heterocycles. The molecule has 1 rings (SSSR count). The summed E-state index contributed by atoms with van der Waals surface area (Å²) < 4.78 is 11.2. The Morgan fingerprint density at radius 2 is 0.860 bits per heavy atom. The Hall–Kier alpha value is -2.22. The van der Waals surface area contributed by atoms with Crippen molar-refractivity contribution in [1.29, 1.82) is 0 Å². The van der Waals surface area contributed by atoms with E-state index in [1.165, 1.54) is 116 Å². The maximum absolute atomic E-state index is 12.6. The maximum atomic E-state index is 12.6. The molecule has 1 heterocycles. The minimum Gasteiger partial charge on any atom is -0.466 e. The Morgan fingerprint density at radius 3 is 1.28 bits per heavy atom. The van der Waals surface area contributed by atoms with Crippen LogP contribution < -0.4 is 0 Å². The number of unbranched alkanes of at least 4 members (excludes halogenated alkanes) is 18. The molecule has 0 bridgehead atoms. The van der Waals surface area contributed by atoms with E-state index in [0.717, 1.165) is 84.2 Å². The van der Waals surface area contributed by atoms with Crippen LogP contribution >= 0.6 is 0 Å². The fourth-order valence-corrected chi connectivity index (χ4v) is 7.12. The first kappa shape index (κ1) is 52.8. The predicted molar refractivity (Wildman–Crippen MR) is 245 cm³/mol. The molecule has 1 fully saturated rings. The molecule has 57 heavy (non-hydrogen) atoms. The fourth-order valence-electron chi connectivity index (χ4n) is 7.12. The summed E-state index contributed by atoms with van der Waals surface area (Å²) in [5.74, 6) is -0.247. The minimum atomic E-state index is -0.123. The van der Waals surface area contributed by atoms with Crippen molar-refractivity contribution in [2.24, 2.45) is 0 Å². The molecule has 0 saturated carbocycles. The molecule has 0 amide bonds. The molecule has 0 unspecified atom stereocenters. The van der Waals surface area contributed by atoms with E-state index in [-0.39, 0.29) is 11.9 Å². The Morgan fingerprint density at radius 1 is 0.474 bits per heavy atom. The van der Waals surface area contributed by atoms with E-state index in [2.05, 4.69) is 84.2 Å². The number of esters is 2. The smallest absolute Gasteiger partial charge is 0.307 e. The number of piperazine rings is 1. The van der Waals surface area contributed by atoms with E-state index in [1.807, 2.05) is 0 Å². The molecule has 0 aromatic carbocycles. The summed E-state index contributed by atoms with van der Waals surface area (Å²) in [6.45, 7) is 13.2. The van der Waals surface area contributed by atoms with Gasteiger partial charge in [0.15, 0.2) is 0 Å². The highest BCUT2D eigenvalue weighted by atomic mass is 16.5. The van der Waals surface area contributed by atoms with E-state index >= 15 is 0 Å². The molecular formula is C50H91N3O4. The van der Waals surface area contributed by atoms with Gasteiger partial charge in [0.05, 0.1) is 26.1 Å². The third-order valence-electron chi connectivity index (χ3n) is 11.0. The monoisotopic (exact) mass is 798 g/mol. The topological polar surface area (TPSA) is 62.3 Å². The average molecular weight is 798 g/mol. The van der Waals surface area contributed by atoms with Gasteiger partial charge in [-0.15, -0.1) is 0 Å². The molecule has 0 aromatic rings. The Bertz CT molecular complexity index is 951. The quantitative estimate of drug-likeness (QED) is 0.0348. The van der Waals surface area contributed by atoms with Gasteiger partial charge in [-0.3, -0.25) is 9.59 Å². The molecule has 1 aliphatic heterocycles. The van der Waals surface area contributed by atoms with Crippen LogP contribution in [0.25, 0.3) is 0 Å². The van der Waals surface area contributed by atoms with Crippen LogP contribution in [0.1, 0.15) is 187 Å². The van der Waals surface area contributed by atoms with Crippen LogP contribution in [-0.2, 0) is 19.1 Å². The molecule has 0 aliphatic carbocycles. The molecule has 1 saturated heterocycles. The molecule has 1 aliphatic rings. The third kappa shape index (κ3) is 37.8. The highest BCUT2D eigenvalue weighted by molar-refractivity contribution is 5.70. The van der Waals surface area contributed by atoms with E-state index in [4.69, 9.17) is 9.47 Å². The third-order valence-corrected chi connectivity index (χ3v) is 11.0. The number of nitrogens with zero attached hydrogens (tertiary/aromatic N) is 3. The normalized spacial score (nSPS) is 14.4. The highest BCUT2D eigenvalue weighted by Crippen LogP contribution is 2.11. The maximum Gasteiger partial charge on any atom is 0.307 e. The molecular weight excluding hydrogens is 707 g/mol. The van der Waals surface area contributed by atoms with Crippen LogP contribution in [0.15, 0.2) is 48.6 Å². The van der Waals surface area contributed by atoms with Crippen molar-refractivity contribution < 1.29 is 19.1 Å². The first-order valence-electron chi connectivity index (χ1n) is 24.1. The first-order valence-corrected chi connectivity index (χ1v) is 24.1. The number of carbonyl (C=O) groups excluding carboxylic acids is 2. The van der Waals surface area contributed by atoms with Crippen molar-refractivity contribution in [3.8, 4) is 0 Å². The van der Waals surface area contributed by atoms with Gasteiger partial charge in [-0.1, -0.05) is 140 Å². The van der Waals surface area contributed by atoms with Crippen LogP contribution in [0.4, 0.5) is 0 Å². The molecule has 7 heteroatoms. The number of hydrogen-bond donors (Lipinski definition) is 0. The van der Waals surface area contributed by atoms with Crippen LogP contribution in [0.5, 0.6) is 0 Å². The Balaban J connectivity index is 2.16. The van der Waals surface area contributed by atoms with Crippen LogP contribution in [-0.4, -0.2) is 99.3 Å². The number of likely N-dealkylation sites (N-methyl/N-ethyl adjacent to an activating group) is 1. The largest absolute Gasteiger partial charge is 0.466 e. The van der Waals surface area contributed by atoms with Crippen molar-refractivity contribution >= 4 is 11.9 Å². The molecule has 0 atom stereocenters. The molecule has 7 nitrogen and oxygen atoms in total. The fraction of sp³-hybridized carbons (Fsp3) is 0.800. The lowest BCUT2D eigenvalue weighted by atomic mass is 10.1. The van der Waals surface area contributed by atoms with Gasteiger partial charge in [0, 0.05) is 39.3 Å². The highest BCUT2D eigenvalue weighted by Gasteiger charge is 2.16. The zero-order valence-corrected chi connectivity index (χ0v) is 37.8. The summed E-state index contributed by atoms with van der Waals surface area (Å²) in [4.78, 5) is 32.4. The summed E-state index contributed by atoms with van der Waals surface area (Å²) in [6, 6.07) is 0. The van der Waals surface area contributed by atoms with Gasteiger partial charge < -0.3 is 24.2 Å². The van der Waals surface area contributed by atoms with Gasteiger partial charge in [-0.25, -0.2) is 0 Å². The zero-order chi connectivity index (χ0) is 41.1. The van der Waals surface area contributed by atoms with Gasteiger partial charge in [0.25, 0.3) is 0 Å². The second-order valence-corrected chi connectivity index (χ2v) is 16.4. The second kappa shape index (κ2) is 41.9. The minimum absolute atomic E-state index is 0.123. The van der Waals surface area contributed by atoms with Gasteiger partial charge in [-0.05, 0) is 104 Å². The predicted octanol–water partition coefficient (Wildman–Crippen LogP) is 12.4. The summed E-state index contributed by atoms with van der Waals surface area (Å²) in [6.07, 6.45) is 49.1. The lowest BCUT2D eigenvalue weighted by Crippen LogP contribution is -2.45. The van der Waals surface area contributed by atoms with E-state index in [0.29, 0.717) is 39.1 Å². The van der Waals surface area contributed by atoms with Crippen molar-refractivity contribution in [1.82, 2.24) is 14.7 Å². The van der Waals surface area contributed by atoms with Crippen LogP contribution in [0.2, 0.25) is 0 Å². The van der Waals surface area contributed by atoms with Gasteiger partial charge >= 0.3 is 11.9 Å². The molecule has 330 valence electrons. The number of allylic oxidation sites excluding steroid dienone is 8. The number of hydrogen-bond acceptors (Lipinski definition) is 7. The van der Waals surface area contributed by atoms with E-state index in [9.17, 15) is 9.59 Å². The average Bonchev–Trinajstić information content (AvgIpc) is 3.21. The second-order valence-electron chi connectivity index (χ2n) is 16.4. The van der Waals surface area contributed by atoms with Gasteiger partial charge in [0.1, 0.15) is 0 Å². The van der Waals surface area contributed by atoms with Gasteiger partial charge in [-0.2, -0.15) is 0 Å². The Labute approximate surface area is 353 Å². The summed E-state index contributed by atoms with van der Waals surface area (Å²) in [5, 5.41) is 0. The number of rotatable bonds is 40. The van der Waals surface area contributed by atoms with Crippen molar-refractivity contribution in [2.45, 2.75) is 187 Å². The summed E-state index contributed by atoms with van der Waals surface area (Å²) in [5.41, 5.74) is 0. The number of carbonyl (C=O) groups is 2. The lowest BCUT2D eigenvalue weighted by molar-refractivity contribution is -0.144. The summed E-state index contributed by atoms with van der Waals surface area (Å²) in [7, 11) is 2.19. The van der Waals surface area contributed by atoms with Crippen molar-refractivity contribution in [3.63, 3.8) is 0 Å². The summed E-state index contributed by atoms with van der Waals surface area (Å²) >= 11 is 0. The molecule has 0 spiro atoms. The standard InChI is InChI=1S/C50H91N3O4/c1-4-6-8-10-12-14-16-18-20-22-24-26-28-30-32-34-47-56-49(54)37-41-52(39-36-40-53-45-43-51(3)44-46-53)42-38-50(55)57-48-35-33-31-29-27-25-23-21-19-17-15-13-11-9-7-5-2/h12-15,18-21H,4-11,16-17,22-48H2,1-3H3/b14-12-,15-13-,20-18-,21-19-. The van der Waals surface area contributed by atoms with Crippen molar-refractivity contribution in [2.75, 3.05) is 72.6 Å². The zero-order valence-electron chi connectivity index (χ0n) is 37.8. The molecule has 0 N–H and O–H groups in total. The van der Waals surface area contributed by atoms with Gasteiger partial charge in [0.2, 0.25) is 0 Å². The van der Waals surface area contributed by atoms with E-state index in [1.54, 1.807) is 0 Å². The van der Waals surface area contributed by atoms with Crippen LogP contribution in [0.3, 0.4) is 0 Å². The SMILES string of the molecule is CCCCC/C=C\C/C=C\CCCCCCCCOC(=O)CCN(CCCN1CCN(C)CC1)CCC(=O)OCCCCCCCC/C=C\C/C=C\CCCCC. The lowest BCUT2D eigenvalue weighted by Gasteiger charge is -2.33. The first-order chi connectivity index (χ1) is 28.0. The van der Waals surface area contributed by atoms with E-state index < -0.39 is 0 Å². The molecule has 0 radical (unpaired) electrons. The van der Waals surface area contributed by atoms with Crippen LogP contribution in [0, 0.1) is 0 Å². The van der Waals surface area contributed by atoms with Crippen molar-refractivity contribution in [3.05, 3.63) is 48.6 Å².